The number of thioether (sulfide) groups is 1. The van der Waals surface area contributed by atoms with Gasteiger partial charge >= 0.3 is 0 Å². The van der Waals surface area contributed by atoms with Crippen molar-refractivity contribution in [3.63, 3.8) is 0 Å². The first-order valence-electron chi connectivity index (χ1n) is 6.12. The van der Waals surface area contributed by atoms with E-state index in [1.807, 2.05) is 25.6 Å². The second kappa shape index (κ2) is 5.51. The van der Waals surface area contributed by atoms with E-state index in [-0.39, 0.29) is 10.8 Å². The molecule has 0 aromatic heterocycles. The van der Waals surface area contributed by atoms with Gasteiger partial charge in [-0.1, -0.05) is 20.8 Å². The average molecular weight is 272 g/mol. The Kier molecular flexibility index (Phi) is 4.70. The maximum Gasteiger partial charge on any atom is 0.213 e. The van der Waals surface area contributed by atoms with Gasteiger partial charge in [-0.2, -0.15) is 11.8 Å². The molecule has 2 atom stereocenters. The van der Waals surface area contributed by atoms with E-state index in [0.717, 1.165) is 5.75 Å². The van der Waals surface area contributed by atoms with Crippen molar-refractivity contribution in [2.45, 2.75) is 50.9 Å². The van der Waals surface area contributed by atoms with Crippen LogP contribution in [-0.4, -0.2) is 48.1 Å². The predicted octanol–water partition coefficient (Wildman–Crippen LogP) is 2.77. The van der Waals surface area contributed by atoms with Crippen molar-refractivity contribution in [1.29, 1.82) is 0 Å². The SMILES string of the molecule is COC1=N[C@](C)(CSC(C)(C)C)C(OC)=N[C@H]1C. The van der Waals surface area contributed by atoms with Gasteiger partial charge in [-0.05, 0) is 13.8 Å². The largest absolute Gasteiger partial charge is 0.483 e. The average Bonchev–Trinajstić information content (AvgIpc) is 2.28. The molecule has 1 aliphatic heterocycles. The molecular formula is C13H24N2O2S. The Hall–Kier alpha value is -0.710. The molecule has 0 aromatic carbocycles. The molecule has 0 aliphatic carbocycles. The molecule has 0 saturated heterocycles. The van der Waals surface area contributed by atoms with Gasteiger partial charge in [0.15, 0.2) is 0 Å². The van der Waals surface area contributed by atoms with E-state index in [1.54, 1.807) is 14.2 Å². The van der Waals surface area contributed by atoms with Gasteiger partial charge in [0, 0.05) is 10.5 Å². The summed E-state index contributed by atoms with van der Waals surface area (Å²) >= 11 is 1.85. The van der Waals surface area contributed by atoms with Gasteiger partial charge in [0.25, 0.3) is 0 Å². The topological polar surface area (TPSA) is 43.2 Å². The van der Waals surface area contributed by atoms with Gasteiger partial charge in [-0.15, -0.1) is 0 Å². The Bertz CT molecular complexity index is 360. The molecule has 0 spiro atoms. The predicted molar refractivity (Wildman–Crippen MR) is 79.0 cm³/mol. The molecule has 1 heterocycles. The molecule has 1 aliphatic rings. The van der Waals surface area contributed by atoms with E-state index in [0.29, 0.717) is 11.8 Å². The first-order chi connectivity index (χ1) is 8.22. The molecule has 1 rings (SSSR count). The summed E-state index contributed by atoms with van der Waals surface area (Å²) < 4.78 is 10.9. The summed E-state index contributed by atoms with van der Waals surface area (Å²) in [5.74, 6) is 2.18. The Morgan fingerprint density at radius 3 is 2.33 bits per heavy atom. The Morgan fingerprint density at radius 2 is 1.89 bits per heavy atom. The summed E-state index contributed by atoms with van der Waals surface area (Å²) in [5, 5.41) is 0. The number of hydrogen-bond acceptors (Lipinski definition) is 5. The summed E-state index contributed by atoms with van der Waals surface area (Å²) in [5.41, 5.74) is -0.440. The molecule has 0 saturated carbocycles. The third-order valence-corrected chi connectivity index (χ3v) is 4.25. The van der Waals surface area contributed by atoms with Crippen molar-refractivity contribution in [3.8, 4) is 0 Å². The molecule has 104 valence electrons. The molecule has 0 unspecified atom stereocenters. The van der Waals surface area contributed by atoms with Crippen molar-refractivity contribution in [1.82, 2.24) is 0 Å². The maximum absolute atomic E-state index is 5.41. The van der Waals surface area contributed by atoms with E-state index in [9.17, 15) is 0 Å². The highest BCUT2D eigenvalue weighted by Gasteiger charge is 2.38. The first-order valence-corrected chi connectivity index (χ1v) is 7.10. The van der Waals surface area contributed by atoms with Crippen LogP contribution >= 0.6 is 11.8 Å². The van der Waals surface area contributed by atoms with Crippen molar-refractivity contribution >= 4 is 23.6 Å². The highest BCUT2D eigenvalue weighted by molar-refractivity contribution is 8.00. The van der Waals surface area contributed by atoms with E-state index in [1.165, 1.54) is 0 Å². The zero-order valence-corrected chi connectivity index (χ0v) is 13.2. The van der Waals surface area contributed by atoms with E-state index in [4.69, 9.17) is 9.47 Å². The lowest BCUT2D eigenvalue weighted by Crippen LogP contribution is -2.45. The lowest BCUT2D eigenvalue weighted by atomic mass is 10.0. The second-order valence-corrected chi connectivity index (χ2v) is 7.45. The third kappa shape index (κ3) is 3.64. The van der Waals surface area contributed by atoms with Crippen LogP contribution in [0.1, 0.15) is 34.6 Å². The van der Waals surface area contributed by atoms with Crippen LogP contribution in [0.25, 0.3) is 0 Å². The van der Waals surface area contributed by atoms with Crippen LogP contribution < -0.4 is 0 Å². The van der Waals surface area contributed by atoms with Crippen LogP contribution in [0.5, 0.6) is 0 Å². The van der Waals surface area contributed by atoms with Crippen molar-refractivity contribution in [2.24, 2.45) is 9.98 Å². The number of ether oxygens (including phenoxy) is 2. The summed E-state index contributed by atoms with van der Waals surface area (Å²) in [7, 11) is 3.29. The zero-order chi connectivity index (χ0) is 14.0. The molecule has 0 N–H and O–H groups in total. The summed E-state index contributed by atoms with van der Waals surface area (Å²) in [6.45, 7) is 10.6. The fourth-order valence-electron chi connectivity index (χ4n) is 1.69. The number of hydrogen-bond donors (Lipinski definition) is 0. The number of methoxy groups -OCH3 is 2. The molecule has 18 heavy (non-hydrogen) atoms. The van der Waals surface area contributed by atoms with E-state index < -0.39 is 5.54 Å². The van der Waals surface area contributed by atoms with Crippen LogP contribution in [0.15, 0.2) is 9.98 Å². The standard InChI is InChI=1S/C13H24N2O2S/c1-9-10(16-6)15-13(5,11(14-9)17-7)8-18-12(2,3)4/h9H,8H2,1-7H3/t9-,13+/m0/s1. The molecule has 0 fully saturated rings. The minimum atomic E-state index is -0.440. The highest BCUT2D eigenvalue weighted by Crippen LogP contribution is 2.31. The lowest BCUT2D eigenvalue weighted by Gasteiger charge is -2.33. The van der Waals surface area contributed by atoms with Crippen LogP contribution in [0.4, 0.5) is 0 Å². The molecule has 0 amide bonds. The van der Waals surface area contributed by atoms with Crippen LogP contribution in [0.2, 0.25) is 0 Å². The normalized spacial score (nSPS) is 28.5. The van der Waals surface area contributed by atoms with Crippen LogP contribution in [0, 0.1) is 0 Å². The highest BCUT2D eigenvalue weighted by atomic mass is 32.2. The maximum atomic E-state index is 5.41. The van der Waals surface area contributed by atoms with Crippen LogP contribution in [0.3, 0.4) is 0 Å². The lowest BCUT2D eigenvalue weighted by molar-refractivity contribution is 0.332. The zero-order valence-electron chi connectivity index (χ0n) is 12.4. The van der Waals surface area contributed by atoms with Crippen molar-refractivity contribution in [3.05, 3.63) is 0 Å². The Balaban J connectivity index is 2.94. The van der Waals surface area contributed by atoms with Gasteiger partial charge in [-0.3, -0.25) is 0 Å². The minimum Gasteiger partial charge on any atom is -0.483 e. The van der Waals surface area contributed by atoms with Crippen molar-refractivity contribution in [2.75, 3.05) is 20.0 Å². The summed E-state index contributed by atoms with van der Waals surface area (Å²) in [6.07, 6.45) is 0. The van der Waals surface area contributed by atoms with Crippen molar-refractivity contribution < 1.29 is 9.47 Å². The second-order valence-electron chi connectivity index (χ2n) is 5.64. The van der Waals surface area contributed by atoms with Crippen LogP contribution in [-0.2, 0) is 9.47 Å². The Labute approximate surface area is 114 Å². The van der Waals surface area contributed by atoms with Gasteiger partial charge in [0.05, 0.1) is 14.2 Å². The van der Waals surface area contributed by atoms with Gasteiger partial charge in [0.1, 0.15) is 11.6 Å². The fraction of sp³-hybridized carbons (Fsp3) is 0.846. The number of aliphatic imine (C=N–C) groups is 2. The first kappa shape index (κ1) is 15.3. The minimum absolute atomic E-state index is 0.0716. The quantitative estimate of drug-likeness (QED) is 0.776. The molecule has 0 bridgehead atoms. The smallest absolute Gasteiger partial charge is 0.213 e. The third-order valence-electron chi connectivity index (χ3n) is 2.67. The van der Waals surface area contributed by atoms with Gasteiger partial charge in [-0.25, -0.2) is 9.98 Å². The summed E-state index contributed by atoms with van der Waals surface area (Å²) in [4.78, 5) is 9.22. The van der Waals surface area contributed by atoms with E-state index in [2.05, 4.69) is 30.8 Å². The fourth-order valence-corrected chi connectivity index (χ4v) is 2.60. The molecule has 4 nitrogen and oxygen atoms in total. The molecule has 5 heteroatoms. The summed E-state index contributed by atoms with van der Waals surface area (Å²) in [6, 6.07) is -0.0716. The number of rotatable bonds is 2. The molecular weight excluding hydrogens is 248 g/mol. The van der Waals surface area contributed by atoms with Gasteiger partial charge < -0.3 is 9.47 Å². The van der Waals surface area contributed by atoms with E-state index >= 15 is 0 Å². The molecule has 0 aromatic rings. The molecule has 0 radical (unpaired) electrons. The van der Waals surface area contributed by atoms with Gasteiger partial charge in [0.2, 0.25) is 11.8 Å². The number of nitrogens with zero attached hydrogens (tertiary/aromatic N) is 2. The monoisotopic (exact) mass is 272 g/mol. The Morgan fingerprint density at radius 1 is 1.28 bits per heavy atom.